The number of nitrogens with zero attached hydrogens (tertiary/aromatic N) is 3. The zero-order valence-corrected chi connectivity index (χ0v) is 23.3. The van der Waals surface area contributed by atoms with E-state index >= 15 is 0 Å². The molecule has 0 aliphatic heterocycles. The fraction of sp³-hybridized carbons (Fsp3) is 0. The van der Waals surface area contributed by atoms with Crippen LogP contribution in [0.1, 0.15) is 0 Å². The van der Waals surface area contributed by atoms with E-state index in [2.05, 4.69) is 131 Å². The van der Waals surface area contributed by atoms with Gasteiger partial charge < -0.3 is 14.2 Å². The van der Waals surface area contributed by atoms with Crippen molar-refractivity contribution in [2.45, 2.75) is 0 Å². The lowest BCUT2D eigenvalue weighted by molar-refractivity contribution is 0.672. The molecule has 0 N–H and O–H groups in total. The largest absolute Gasteiger partial charge is 0.451 e. The van der Waals surface area contributed by atoms with Crippen LogP contribution in [0.3, 0.4) is 0 Å². The second-order valence-corrected chi connectivity index (χ2v) is 10.4. The summed E-state index contributed by atoms with van der Waals surface area (Å²) in [5, 5.41) is 3.07. The van der Waals surface area contributed by atoms with Crippen molar-refractivity contribution in [1.82, 2.24) is 4.98 Å². The van der Waals surface area contributed by atoms with Crippen LogP contribution >= 0.6 is 0 Å². The minimum absolute atomic E-state index is 0.779. The fourth-order valence-electron chi connectivity index (χ4n) is 5.92. The number of fused-ring (bicyclic) bond motifs is 5. The van der Waals surface area contributed by atoms with Crippen LogP contribution in [-0.2, 0) is 0 Å². The van der Waals surface area contributed by atoms with E-state index in [-0.39, 0.29) is 0 Å². The molecule has 2 heterocycles. The number of rotatable bonds is 6. The maximum absolute atomic E-state index is 6.95. The van der Waals surface area contributed by atoms with Crippen molar-refractivity contribution in [3.05, 3.63) is 164 Å². The summed E-state index contributed by atoms with van der Waals surface area (Å²) >= 11 is 0. The molecule has 0 saturated carbocycles. The number of benzene rings is 6. The number of hydrogen-bond acceptors (Lipinski definition) is 4. The monoisotopic (exact) mass is 553 g/mol. The first-order valence-electron chi connectivity index (χ1n) is 14.4. The summed E-state index contributed by atoms with van der Waals surface area (Å²) in [6.07, 6.45) is 1.94. The van der Waals surface area contributed by atoms with Gasteiger partial charge in [0.15, 0.2) is 11.2 Å². The molecule has 0 spiro atoms. The first-order valence-corrected chi connectivity index (χ1v) is 14.4. The van der Waals surface area contributed by atoms with Crippen LogP contribution in [0.15, 0.2) is 168 Å². The number of anilines is 6. The quantitative estimate of drug-likeness (QED) is 0.205. The number of furan rings is 1. The average Bonchev–Trinajstić information content (AvgIpc) is 3.47. The van der Waals surface area contributed by atoms with Gasteiger partial charge in [0, 0.05) is 45.1 Å². The Kier molecular flexibility index (Phi) is 6.08. The third-order valence-corrected chi connectivity index (χ3v) is 7.84. The molecule has 204 valence electrons. The summed E-state index contributed by atoms with van der Waals surface area (Å²) < 4.78 is 6.95. The summed E-state index contributed by atoms with van der Waals surface area (Å²) in [5.41, 5.74) is 8.51. The van der Waals surface area contributed by atoms with Crippen LogP contribution in [0.25, 0.3) is 32.8 Å². The molecule has 0 radical (unpaired) electrons. The maximum atomic E-state index is 6.95. The normalized spacial score (nSPS) is 11.3. The van der Waals surface area contributed by atoms with Crippen molar-refractivity contribution in [1.29, 1.82) is 0 Å². The van der Waals surface area contributed by atoms with Crippen LogP contribution in [0.4, 0.5) is 34.1 Å². The van der Waals surface area contributed by atoms with E-state index in [1.165, 1.54) is 0 Å². The summed E-state index contributed by atoms with van der Waals surface area (Å²) in [6, 6.07) is 54.5. The van der Waals surface area contributed by atoms with Gasteiger partial charge in [0.25, 0.3) is 0 Å². The minimum Gasteiger partial charge on any atom is -0.451 e. The van der Waals surface area contributed by atoms with Crippen molar-refractivity contribution in [2.24, 2.45) is 0 Å². The molecule has 0 fully saturated rings. The summed E-state index contributed by atoms with van der Waals surface area (Å²) in [7, 11) is 0. The van der Waals surface area contributed by atoms with Crippen LogP contribution in [-0.4, -0.2) is 4.98 Å². The number of pyridine rings is 1. The molecule has 4 nitrogen and oxygen atoms in total. The Balaban J connectivity index is 1.53. The van der Waals surface area contributed by atoms with Crippen molar-refractivity contribution < 1.29 is 4.42 Å². The number of aromatic nitrogens is 1. The summed E-state index contributed by atoms with van der Waals surface area (Å²) in [6.45, 7) is 0. The fourth-order valence-corrected chi connectivity index (χ4v) is 5.92. The molecule has 8 aromatic rings. The highest BCUT2D eigenvalue weighted by Crippen LogP contribution is 2.50. The van der Waals surface area contributed by atoms with Crippen LogP contribution in [0.5, 0.6) is 0 Å². The molecular formula is C39H27N3O. The molecule has 4 heteroatoms. The van der Waals surface area contributed by atoms with Crippen LogP contribution < -0.4 is 9.80 Å². The second-order valence-electron chi connectivity index (χ2n) is 10.4. The molecular weight excluding hydrogens is 526 g/mol. The molecule has 0 unspecified atom stereocenters. The Morgan fingerprint density at radius 1 is 0.419 bits per heavy atom. The van der Waals surface area contributed by atoms with Gasteiger partial charge in [-0.15, -0.1) is 0 Å². The third-order valence-electron chi connectivity index (χ3n) is 7.84. The molecule has 0 amide bonds. The third kappa shape index (κ3) is 4.28. The van der Waals surface area contributed by atoms with Crippen molar-refractivity contribution in [3.8, 4) is 0 Å². The van der Waals surface area contributed by atoms with Crippen molar-refractivity contribution in [3.63, 3.8) is 0 Å². The zero-order valence-electron chi connectivity index (χ0n) is 23.3. The van der Waals surface area contributed by atoms with Crippen LogP contribution in [0, 0.1) is 0 Å². The van der Waals surface area contributed by atoms with E-state index in [9.17, 15) is 0 Å². The molecule has 6 aromatic carbocycles. The Morgan fingerprint density at radius 2 is 0.907 bits per heavy atom. The van der Waals surface area contributed by atoms with E-state index in [1.54, 1.807) is 0 Å². The maximum Gasteiger partial charge on any atom is 0.163 e. The van der Waals surface area contributed by atoms with Gasteiger partial charge in [-0.25, -0.2) is 0 Å². The minimum atomic E-state index is 0.779. The lowest BCUT2D eigenvalue weighted by Crippen LogP contribution is -2.17. The van der Waals surface area contributed by atoms with E-state index < -0.39 is 0 Å². The lowest BCUT2D eigenvalue weighted by atomic mass is 10.1. The Morgan fingerprint density at radius 3 is 1.47 bits per heavy atom. The van der Waals surface area contributed by atoms with Gasteiger partial charge in [-0.1, -0.05) is 97.1 Å². The summed E-state index contributed by atoms with van der Waals surface area (Å²) in [5.74, 6) is 0. The molecule has 0 aliphatic rings. The van der Waals surface area contributed by atoms with Crippen LogP contribution in [0.2, 0.25) is 0 Å². The highest BCUT2D eigenvalue weighted by Gasteiger charge is 2.27. The predicted octanol–water partition coefficient (Wildman–Crippen LogP) is 11.1. The Labute approximate surface area is 249 Å². The van der Waals surface area contributed by atoms with Crippen molar-refractivity contribution >= 4 is 67.0 Å². The molecule has 0 aliphatic carbocycles. The van der Waals surface area contributed by atoms with Gasteiger partial charge >= 0.3 is 0 Å². The van der Waals surface area contributed by atoms with Gasteiger partial charge in [-0.05, 0) is 60.7 Å². The highest BCUT2D eigenvalue weighted by atomic mass is 16.3. The first kappa shape index (κ1) is 24.9. The average molecular weight is 554 g/mol. The highest BCUT2D eigenvalue weighted by molar-refractivity contribution is 6.17. The SMILES string of the molecule is c1ccc(N(c2ccccc2)c2ccc3c(oc4c5ccccc5cnc34)c2N(c2ccccc2)c2ccccc2)cc1. The molecule has 0 atom stereocenters. The molecule has 0 bridgehead atoms. The Hall–Kier alpha value is -5.87. The lowest BCUT2D eigenvalue weighted by Gasteiger charge is -2.33. The van der Waals surface area contributed by atoms with Gasteiger partial charge in [0.05, 0.1) is 5.69 Å². The standard InChI is InChI=1S/C39H27N3O/c1-5-16-29(17-6-1)41(30-18-7-2-8-19-30)35-26-25-34-36-38(33-24-14-13-15-28(33)27-40-36)43-39(34)37(35)42(31-20-9-3-10-21-31)32-22-11-4-12-23-32/h1-27H. The zero-order chi connectivity index (χ0) is 28.6. The van der Waals surface area contributed by atoms with E-state index in [0.29, 0.717) is 0 Å². The van der Waals surface area contributed by atoms with Gasteiger partial charge in [0.1, 0.15) is 11.2 Å². The van der Waals surface area contributed by atoms with Gasteiger partial charge in [0.2, 0.25) is 0 Å². The second kappa shape index (κ2) is 10.5. The predicted molar refractivity (Wildman–Crippen MR) is 178 cm³/mol. The molecule has 0 saturated heterocycles. The van der Waals surface area contributed by atoms with Gasteiger partial charge in [-0.3, -0.25) is 4.98 Å². The number of para-hydroxylation sites is 4. The van der Waals surface area contributed by atoms with E-state index in [4.69, 9.17) is 9.40 Å². The Bertz CT molecular complexity index is 2100. The molecule has 2 aromatic heterocycles. The van der Waals surface area contributed by atoms with Crippen molar-refractivity contribution in [2.75, 3.05) is 9.80 Å². The molecule has 43 heavy (non-hydrogen) atoms. The van der Waals surface area contributed by atoms with E-state index in [0.717, 1.165) is 67.0 Å². The summed E-state index contributed by atoms with van der Waals surface area (Å²) in [4.78, 5) is 9.50. The van der Waals surface area contributed by atoms with E-state index in [1.807, 2.05) is 42.6 Å². The smallest absolute Gasteiger partial charge is 0.163 e. The first-order chi connectivity index (χ1) is 21.4. The topological polar surface area (TPSA) is 32.5 Å². The molecule has 8 rings (SSSR count). The van der Waals surface area contributed by atoms with Gasteiger partial charge in [-0.2, -0.15) is 0 Å². The number of hydrogen-bond donors (Lipinski definition) is 0.